The molecule has 1 saturated heterocycles. The normalized spacial score (nSPS) is 22.2. The maximum absolute atomic E-state index is 14.2. The molecule has 4 aliphatic rings. The van der Waals surface area contributed by atoms with Crippen molar-refractivity contribution in [3.8, 4) is 28.7 Å². The molecule has 2 amide bonds. The van der Waals surface area contributed by atoms with E-state index in [1.807, 2.05) is 33.9 Å². The number of phenolic OH excluding ortho intramolecular Hbond substituents is 1. The van der Waals surface area contributed by atoms with Crippen molar-refractivity contribution >= 4 is 11.8 Å². The molecule has 45 heavy (non-hydrogen) atoms. The van der Waals surface area contributed by atoms with Crippen LogP contribution in [-0.4, -0.2) is 78.3 Å². The van der Waals surface area contributed by atoms with Gasteiger partial charge in [0.15, 0.2) is 23.0 Å². The highest BCUT2D eigenvalue weighted by molar-refractivity contribution is 6.21. The van der Waals surface area contributed by atoms with Crippen LogP contribution in [0.3, 0.4) is 0 Å². The molecule has 0 radical (unpaired) electrons. The highest BCUT2D eigenvalue weighted by Crippen LogP contribution is 2.57. The zero-order valence-electron chi connectivity index (χ0n) is 26.2. The fourth-order valence-electron chi connectivity index (χ4n) is 7.84. The van der Waals surface area contributed by atoms with Gasteiger partial charge >= 0.3 is 0 Å². The van der Waals surface area contributed by atoms with Crippen molar-refractivity contribution in [2.24, 2.45) is 0 Å². The molecule has 0 spiro atoms. The second-order valence-electron chi connectivity index (χ2n) is 12.2. The van der Waals surface area contributed by atoms with Crippen molar-refractivity contribution < 1.29 is 33.6 Å². The van der Waals surface area contributed by atoms with Crippen molar-refractivity contribution in [3.63, 3.8) is 0 Å². The van der Waals surface area contributed by atoms with Crippen LogP contribution in [0.25, 0.3) is 0 Å². The number of imide groups is 1. The summed E-state index contributed by atoms with van der Waals surface area (Å²) in [4.78, 5) is 34.1. The van der Waals surface area contributed by atoms with Crippen LogP contribution in [0.5, 0.6) is 28.7 Å². The number of methoxy groups -OCH3 is 1. The number of carbonyl (C=O) groups is 2. The van der Waals surface area contributed by atoms with Crippen LogP contribution >= 0.6 is 0 Å². The summed E-state index contributed by atoms with van der Waals surface area (Å²) in [5.41, 5.74) is 5.60. The minimum absolute atomic E-state index is 0.0212. The summed E-state index contributed by atoms with van der Waals surface area (Å²) in [6.07, 6.45) is 1.38. The van der Waals surface area contributed by atoms with Gasteiger partial charge in [0.1, 0.15) is 18.5 Å². The number of piperazine rings is 1. The maximum atomic E-state index is 14.2. The fraction of sp³-hybridized carbons (Fsp3) is 0.371. The lowest BCUT2D eigenvalue weighted by atomic mass is 9.79. The fourth-order valence-corrected chi connectivity index (χ4v) is 7.84. The second-order valence-corrected chi connectivity index (χ2v) is 12.2. The molecule has 7 rings (SSSR count). The number of rotatable bonds is 6. The number of likely N-dealkylation sites (N-methyl/N-ethyl adjacent to an activating group) is 1. The Balaban J connectivity index is 1.49. The lowest BCUT2D eigenvalue weighted by molar-refractivity contribution is -0.0469. The van der Waals surface area contributed by atoms with E-state index in [0.717, 1.165) is 27.8 Å². The first-order valence-corrected chi connectivity index (χ1v) is 15.2. The molecule has 0 saturated carbocycles. The molecule has 234 valence electrons. The Morgan fingerprint density at radius 3 is 2.36 bits per heavy atom. The third-order valence-electron chi connectivity index (χ3n) is 9.70. The Hall–Kier alpha value is -4.54. The zero-order valence-corrected chi connectivity index (χ0v) is 26.2. The van der Waals surface area contributed by atoms with Gasteiger partial charge in [-0.3, -0.25) is 24.3 Å². The monoisotopic (exact) mass is 611 g/mol. The van der Waals surface area contributed by atoms with Gasteiger partial charge < -0.3 is 24.1 Å². The first-order chi connectivity index (χ1) is 21.7. The van der Waals surface area contributed by atoms with Gasteiger partial charge in [0, 0.05) is 41.4 Å². The van der Waals surface area contributed by atoms with Crippen molar-refractivity contribution in [1.82, 2.24) is 14.7 Å². The number of hydrogen-bond acceptors (Lipinski definition) is 9. The Labute approximate surface area is 262 Å². The molecule has 3 aromatic rings. The average molecular weight is 612 g/mol. The van der Waals surface area contributed by atoms with Gasteiger partial charge in [-0.05, 0) is 57.5 Å². The third kappa shape index (κ3) is 4.15. The van der Waals surface area contributed by atoms with Gasteiger partial charge in [-0.25, -0.2) is 0 Å². The van der Waals surface area contributed by atoms with Crippen molar-refractivity contribution in [1.29, 1.82) is 0 Å². The average Bonchev–Trinajstić information content (AvgIpc) is 3.61. The van der Waals surface area contributed by atoms with Crippen molar-refractivity contribution in [2.75, 3.05) is 40.6 Å². The number of benzene rings is 3. The number of amides is 2. The van der Waals surface area contributed by atoms with E-state index in [0.29, 0.717) is 59.2 Å². The summed E-state index contributed by atoms with van der Waals surface area (Å²) in [6, 6.07) is 8.38. The first kappa shape index (κ1) is 29.2. The molecule has 0 aromatic heterocycles. The van der Waals surface area contributed by atoms with E-state index >= 15 is 0 Å². The molecule has 10 heteroatoms. The molecule has 1 fully saturated rings. The summed E-state index contributed by atoms with van der Waals surface area (Å²) in [7, 11) is 3.60. The van der Waals surface area contributed by atoms with E-state index in [4.69, 9.17) is 18.9 Å². The summed E-state index contributed by atoms with van der Waals surface area (Å²) in [6.45, 7) is 11.1. The predicted molar refractivity (Wildman–Crippen MR) is 166 cm³/mol. The van der Waals surface area contributed by atoms with E-state index in [1.165, 1.54) is 4.90 Å². The molecule has 1 N–H and O–H groups in total. The number of aromatic hydroxyl groups is 1. The predicted octanol–water partition coefficient (Wildman–Crippen LogP) is 4.83. The Kier molecular flexibility index (Phi) is 7.02. The standard InChI is InChI=1S/C35H37N3O7/c1-7-14-43-30-20(4)31-32(45-17-44-31)26-23(30)16-24-27(25-18(2)15-19(3)29(42-6)28(25)39)36(5)12-13-37(24)33(26)38-34(40)21-10-8-9-11-22(21)35(38)41/h7-11,15,24,27,33,39H,1,12-14,16-17H2,2-6H3/t24?,27-,33-/m0/s1. The molecular weight excluding hydrogens is 574 g/mol. The lowest BCUT2D eigenvalue weighted by Crippen LogP contribution is -2.61. The van der Waals surface area contributed by atoms with Crippen LogP contribution < -0.4 is 18.9 Å². The first-order valence-electron chi connectivity index (χ1n) is 15.2. The topological polar surface area (TPSA) is 101 Å². The summed E-state index contributed by atoms with van der Waals surface area (Å²) in [5.74, 6) is 1.52. The molecule has 4 heterocycles. The van der Waals surface area contributed by atoms with E-state index in [9.17, 15) is 14.7 Å². The van der Waals surface area contributed by atoms with Crippen molar-refractivity contribution in [2.45, 2.75) is 45.4 Å². The van der Waals surface area contributed by atoms with Crippen LogP contribution in [0.4, 0.5) is 0 Å². The number of carbonyl (C=O) groups excluding carboxylic acids is 2. The minimum Gasteiger partial charge on any atom is -0.504 e. The second kappa shape index (κ2) is 10.8. The Morgan fingerprint density at radius 1 is 1.00 bits per heavy atom. The minimum atomic E-state index is -0.806. The number of nitrogens with zero attached hydrogens (tertiary/aromatic N) is 3. The molecule has 10 nitrogen and oxygen atoms in total. The zero-order chi connectivity index (χ0) is 31.7. The summed E-state index contributed by atoms with van der Waals surface area (Å²) < 4.78 is 24.1. The van der Waals surface area contributed by atoms with Gasteiger partial charge in [0.2, 0.25) is 6.79 Å². The van der Waals surface area contributed by atoms with Crippen molar-refractivity contribution in [3.05, 3.63) is 87.5 Å². The molecule has 1 unspecified atom stereocenters. The van der Waals surface area contributed by atoms with E-state index in [2.05, 4.69) is 16.4 Å². The summed E-state index contributed by atoms with van der Waals surface area (Å²) >= 11 is 0. The number of hydrogen-bond donors (Lipinski definition) is 1. The van der Waals surface area contributed by atoms with E-state index in [-0.39, 0.29) is 43.0 Å². The number of phenols is 1. The maximum Gasteiger partial charge on any atom is 0.263 e. The van der Waals surface area contributed by atoms with Gasteiger partial charge in [-0.1, -0.05) is 30.9 Å². The molecule has 3 aromatic carbocycles. The molecular formula is C35H37N3O7. The van der Waals surface area contributed by atoms with E-state index in [1.54, 1.807) is 37.5 Å². The van der Waals surface area contributed by atoms with Crippen LogP contribution in [0.1, 0.15) is 66.3 Å². The van der Waals surface area contributed by atoms with Crippen LogP contribution in [0.15, 0.2) is 43.0 Å². The Morgan fingerprint density at radius 2 is 1.69 bits per heavy atom. The molecule has 0 bridgehead atoms. The van der Waals surface area contributed by atoms with Gasteiger partial charge in [-0.15, -0.1) is 0 Å². The SMILES string of the molecule is C=CCOc1c(C)c2c(c3c1CC1[C@@H](c4c(C)cc(C)c(OC)c4O)N(C)CCN1[C@H]3N1C(=O)c3ccccc3C1=O)OCO2. The number of aryl methyl sites for hydroxylation is 2. The van der Waals surface area contributed by atoms with Gasteiger partial charge in [-0.2, -0.15) is 0 Å². The lowest BCUT2D eigenvalue weighted by Gasteiger charge is -2.54. The molecule has 3 atom stereocenters. The quantitative estimate of drug-likeness (QED) is 0.310. The highest BCUT2D eigenvalue weighted by atomic mass is 16.7. The summed E-state index contributed by atoms with van der Waals surface area (Å²) in [5, 5.41) is 11.7. The molecule has 0 aliphatic carbocycles. The molecule has 4 aliphatic heterocycles. The number of fused-ring (bicyclic) bond motifs is 5. The third-order valence-corrected chi connectivity index (χ3v) is 9.70. The highest BCUT2D eigenvalue weighted by Gasteiger charge is 2.54. The van der Waals surface area contributed by atoms with Crippen LogP contribution in [0.2, 0.25) is 0 Å². The Bertz CT molecular complexity index is 1730. The number of ether oxygens (including phenoxy) is 4. The van der Waals surface area contributed by atoms with Gasteiger partial charge in [0.05, 0.1) is 24.3 Å². The van der Waals surface area contributed by atoms with E-state index < -0.39 is 6.17 Å². The van der Waals surface area contributed by atoms with Gasteiger partial charge in [0.25, 0.3) is 11.8 Å². The van der Waals surface area contributed by atoms with Crippen LogP contribution in [-0.2, 0) is 6.42 Å². The smallest absolute Gasteiger partial charge is 0.263 e. The van der Waals surface area contributed by atoms with Crippen LogP contribution in [0, 0.1) is 20.8 Å². The largest absolute Gasteiger partial charge is 0.504 e.